The van der Waals surface area contributed by atoms with Crippen molar-refractivity contribution in [3.8, 4) is 0 Å². The summed E-state index contributed by atoms with van der Waals surface area (Å²) >= 11 is 0. The number of nitro benzene ring substituents is 1. The largest absolute Gasteiger partial charge is 0.449 e. The number of nitrogens with zero attached hydrogens (tertiary/aromatic N) is 1. The number of nitro groups is 1. The minimum atomic E-state index is -1.25. The highest BCUT2D eigenvalue weighted by Crippen LogP contribution is 2.23. The number of aliphatic hydroxyl groups is 1. The van der Waals surface area contributed by atoms with Crippen LogP contribution in [0.15, 0.2) is 36.4 Å². The maximum atomic E-state index is 13.6. The SMILES string of the molecule is Cc1ccc(NC(=O)[C@@H](C)OC(=O)c2cc([N+](=O)[O-])ccc2NCCO)cc1F. The minimum Gasteiger partial charge on any atom is -0.449 e. The Kier molecular flexibility index (Phi) is 7.21. The molecule has 0 aliphatic rings. The first-order valence-corrected chi connectivity index (χ1v) is 8.64. The molecule has 0 bridgehead atoms. The molecule has 154 valence electrons. The lowest BCUT2D eigenvalue weighted by atomic mass is 10.1. The number of esters is 1. The molecular formula is C19H20FN3O6. The van der Waals surface area contributed by atoms with E-state index in [0.29, 0.717) is 5.56 Å². The van der Waals surface area contributed by atoms with Gasteiger partial charge in [-0.3, -0.25) is 14.9 Å². The number of rotatable bonds is 8. The predicted octanol–water partition coefficient (Wildman–Crippen LogP) is 2.63. The van der Waals surface area contributed by atoms with Crippen molar-refractivity contribution in [1.29, 1.82) is 0 Å². The highest BCUT2D eigenvalue weighted by atomic mass is 19.1. The second-order valence-corrected chi connectivity index (χ2v) is 6.14. The van der Waals surface area contributed by atoms with Crippen LogP contribution in [0.2, 0.25) is 0 Å². The molecule has 0 aromatic heterocycles. The molecule has 2 rings (SSSR count). The molecule has 0 saturated heterocycles. The van der Waals surface area contributed by atoms with Gasteiger partial charge in [0.15, 0.2) is 6.10 Å². The van der Waals surface area contributed by atoms with Gasteiger partial charge in [-0.05, 0) is 37.6 Å². The van der Waals surface area contributed by atoms with Gasteiger partial charge in [-0.15, -0.1) is 0 Å². The van der Waals surface area contributed by atoms with Crippen LogP contribution in [0.4, 0.5) is 21.5 Å². The van der Waals surface area contributed by atoms with E-state index >= 15 is 0 Å². The maximum absolute atomic E-state index is 13.6. The predicted molar refractivity (Wildman–Crippen MR) is 103 cm³/mol. The standard InChI is InChI=1S/C19H20FN3O6/c1-11-3-4-13(9-16(11)20)22-18(25)12(2)29-19(26)15-10-14(23(27)28)5-6-17(15)21-7-8-24/h3-6,9-10,12,21,24H,7-8H2,1-2H3,(H,22,25)/t12-/m1/s1. The average Bonchev–Trinajstić information content (AvgIpc) is 2.68. The van der Waals surface area contributed by atoms with E-state index in [-0.39, 0.29) is 35.8 Å². The second kappa shape index (κ2) is 9.60. The Hall–Kier alpha value is -3.53. The zero-order valence-corrected chi connectivity index (χ0v) is 15.8. The first-order valence-electron chi connectivity index (χ1n) is 8.64. The molecule has 3 N–H and O–H groups in total. The van der Waals surface area contributed by atoms with E-state index in [2.05, 4.69) is 10.6 Å². The summed E-state index contributed by atoms with van der Waals surface area (Å²) in [6.45, 7) is 2.77. The van der Waals surface area contributed by atoms with Crippen molar-refractivity contribution in [2.24, 2.45) is 0 Å². The highest BCUT2D eigenvalue weighted by molar-refractivity contribution is 6.00. The van der Waals surface area contributed by atoms with Gasteiger partial charge in [0.1, 0.15) is 5.82 Å². The van der Waals surface area contributed by atoms with E-state index in [0.717, 1.165) is 12.1 Å². The Morgan fingerprint density at radius 3 is 2.62 bits per heavy atom. The number of benzene rings is 2. The Bertz CT molecular complexity index is 934. The van der Waals surface area contributed by atoms with Crippen LogP contribution >= 0.6 is 0 Å². The molecule has 0 saturated carbocycles. The molecule has 0 aliphatic heterocycles. The molecule has 0 heterocycles. The molecule has 2 aromatic rings. The van der Waals surface area contributed by atoms with Crippen molar-refractivity contribution in [1.82, 2.24) is 0 Å². The number of aliphatic hydroxyl groups excluding tert-OH is 1. The van der Waals surface area contributed by atoms with Crippen molar-refractivity contribution in [3.05, 3.63) is 63.5 Å². The van der Waals surface area contributed by atoms with Crippen LogP contribution in [0, 0.1) is 22.9 Å². The summed E-state index contributed by atoms with van der Waals surface area (Å²) in [5, 5.41) is 25.1. The smallest absolute Gasteiger partial charge is 0.341 e. The summed E-state index contributed by atoms with van der Waals surface area (Å²) in [4.78, 5) is 35.0. The van der Waals surface area contributed by atoms with Crippen LogP contribution in [0.5, 0.6) is 0 Å². The highest BCUT2D eigenvalue weighted by Gasteiger charge is 2.23. The van der Waals surface area contributed by atoms with Crippen molar-refractivity contribution < 1.29 is 28.7 Å². The zero-order chi connectivity index (χ0) is 21.6. The number of halogens is 1. The number of aryl methyl sites for hydroxylation is 1. The van der Waals surface area contributed by atoms with Crippen molar-refractivity contribution >= 4 is 28.9 Å². The van der Waals surface area contributed by atoms with Crippen LogP contribution in [0.1, 0.15) is 22.8 Å². The summed E-state index contributed by atoms with van der Waals surface area (Å²) in [5.74, 6) is -2.16. The van der Waals surface area contributed by atoms with E-state index in [9.17, 15) is 24.1 Å². The Morgan fingerprint density at radius 2 is 2.00 bits per heavy atom. The topological polar surface area (TPSA) is 131 Å². The van der Waals surface area contributed by atoms with Crippen molar-refractivity contribution in [2.45, 2.75) is 20.0 Å². The summed E-state index contributed by atoms with van der Waals surface area (Å²) in [6, 6.07) is 7.65. The molecule has 2 aromatic carbocycles. The molecule has 0 unspecified atom stereocenters. The molecule has 0 fully saturated rings. The number of ether oxygens (including phenoxy) is 1. The van der Waals surface area contributed by atoms with Gasteiger partial charge < -0.3 is 20.5 Å². The zero-order valence-electron chi connectivity index (χ0n) is 15.8. The summed E-state index contributed by atoms with van der Waals surface area (Å²) < 4.78 is 18.7. The number of hydrogen-bond acceptors (Lipinski definition) is 7. The minimum absolute atomic E-state index is 0.104. The number of anilines is 2. The van der Waals surface area contributed by atoms with E-state index in [4.69, 9.17) is 9.84 Å². The van der Waals surface area contributed by atoms with Gasteiger partial charge in [0.2, 0.25) is 0 Å². The van der Waals surface area contributed by atoms with Gasteiger partial charge in [0.05, 0.1) is 17.1 Å². The van der Waals surface area contributed by atoms with Crippen LogP contribution in [-0.4, -0.2) is 41.2 Å². The first-order chi connectivity index (χ1) is 13.7. The van der Waals surface area contributed by atoms with Gasteiger partial charge in [-0.1, -0.05) is 6.07 Å². The molecule has 1 atom stereocenters. The Labute approximate surface area is 165 Å². The van der Waals surface area contributed by atoms with Gasteiger partial charge in [0, 0.05) is 30.1 Å². The number of carbonyl (C=O) groups is 2. The van der Waals surface area contributed by atoms with E-state index < -0.39 is 28.7 Å². The summed E-state index contributed by atoms with van der Waals surface area (Å²) in [6.07, 6.45) is -1.25. The van der Waals surface area contributed by atoms with Crippen LogP contribution in [0.25, 0.3) is 0 Å². The summed E-state index contributed by atoms with van der Waals surface area (Å²) in [5.41, 5.74) is 0.327. The van der Waals surface area contributed by atoms with Gasteiger partial charge in [-0.2, -0.15) is 0 Å². The number of hydrogen-bond donors (Lipinski definition) is 3. The van der Waals surface area contributed by atoms with Gasteiger partial charge >= 0.3 is 5.97 Å². The van der Waals surface area contributed by atoms with Crippen LogP contribution in [-0.2, 0) is 9.53 Å². The molecule has 10 heteroatoms. The number of amides is 1. The Morgan fingerprint density at radius 1 is 1.28 bits per heavy atom. The molecule has 1 amide bonds. The fraction of sp³-hybridized carbons (Fsp3) is 0.263. The van der Waals surface area contributed by atoms with E-state index in [1.54, 1.807) is 6.92 Å². The fourth-order valence-corrected chi connectivity index (χ4v) is 2.35. The molecule has 0 spiro atoms. The normalized spacial score (nSPS) is 11.4. The van der Waals surface area contributed by atoms with Crippen molar-refractivity contribution in [2.75, 3.05) is 23.8 Å². The number of nitrogens with one attached hydrogen (secondary N) is 2. The molecular weight excluding hydrogens is 385 g/mol. The van der Waals surface area contributed by atoms with E-state index in [1.165, 1.54) is 31.2 Å². The average molecular weight is 405 g/mol. The third kappa shape index (κ3) is 5.72. The number of non-ortho nitro benzene ring substituents is 1. The quantitative estimate of drug-likeness (QED) is 0.349. The molecule has 0 aliphatic carbocycles. The number of carbonyl (C=O) groups excluding carboxylic acids is 2. The molecule has 9 nitrogen and oxygen atoms in total. The van der Waals surface area contributed by atoms with Crippen LogP contribution < -0.4 is 10.6 Å². The first kappa shape index (κ1) is 21.8. The lowest BCUT2D eigenvalue weighted by molar-refractivity contribution is -0.384. The molecule has 0 radical (unpaired) electrons. The lowest BCUT2D eigenvalue weighted by Gasteiger charge is -2.16. The van der Waals surface area contributed by atoms with Crippen LogP contribution in [0.3, 0.4) is 0 Å². The monoisotopic (exact) mass is 405 g/mol. The third-order valence-electron chi connectivity index (χ3n) is 3.95. The molecule has 29 heavy (non-hydrogen) atoms. The van der Waals surface area contributed by atoms with Gasteiger partial charge in [0.25, 0.3) is 11.6 Å². The third-order valence-corrected chi connectivity index (χ3v) is 3.95. The lowest BCUT2D eigenvalue weighted by Crippen LogP contribution is -2.30. The Balaban J connectivity index is 2.14. The second-order valence-electron chi connectivity index (χ2n) is 6.14. The van der Waals surface area contributed by atoms with Gasteiger partial charge in [-0.25, -0.2) is 9.18 Å². The maximum Gasteiger partial charge on any atom is 0.341 e. The fourth-order valence-electron chi connectivity index (χ4n) is 2.35. The summed E-state index contributed by atoms with van der Waals surface area (Å²) in [7, 11) is 0. The van der Waals surface area contributed by atoms with Crippen molar-refractivity contribution in [3.63, 3.8) is 0 Å². The van der Waals surface area contributed by atoms with E-state index in [1.807, 2.05) is 0 Å².